The highest BCUT2D eigenvalue weighted by Gasteiger charge is 2.17. The van der Waals surface area contributed by atoms with Crippen molar-refractivity contribution >= 4 is 29.1 Å². The highest BCUT2D eigenvalue weighted by atomic mass is 35.5. The number of aryl methyl sites for hydroxylation is 1. The molecule has 0 saturated carbocycles. The first-order valence-electron chi connectivity index (χ1n) is 7.25. The zero-order valence-corrected chi connectivity index (χ0v) is 13.9. The van der Waals surface area contributed by atoms with Crippen LogP contribution in [0.15, 0.2) is 46.9 Å². The normalized spacial score (nSPS) is 10.5. The molecule has 3 rings (SSSR count). The molecule has 1 aromatic heterocycles. The van der Waals surface area contributed by atoms with Crippen LogP contribution < -0.4 is 11.1 Å². The maximum Gasteiger partial charge on any atom is 0.313 e. The summed E-state index contributed by atoms with van der Waals surface area (Å²) >= 11 is 5.83. The SMILES string of the molecule is Cc1ccc(C(N)=O)cc1NC(=O)c1nnc(-c2ccc(Cl)cc2)o1. The fourth-order valence-corrected chi connectivity index (χ4v) is 2.24. The van der Waals surface area contributed by atoms with Crippen LogP contribution in [0.4, 0.5) is 5.69 Å². The number of carbonyl (C=O) groups is 2. The van der Waals surface area contributed by atoms with Crippen molar-refractivity contribution in [2.24, 2.45) is 5.73 Å². The molecule has 2 aromatic carbocycles. The third-order valence-electron chi connectivity index (χ3n) is 3.48. The Bertz CT molecular complexity index is 951. The van der Waals surface area contributed by atoms with Gasteiger partial charge in [0.05, 0.1) is 0 Å². The van der Waals surface area contributed by atoms with Crippen LogP contribution in [0, 0.1) is 6.92 Å². The van der Waals surface area contributed by atoms with Gasteiger partial charge in [-0.25, -0.2) is 0 Å². The summed E-state index contributed by atoms with van der Waals surface area (Å²) in [5, 5.41) is 10.8. The molecule has 0 aliphatic carbocycles. The summed E-state index contributed by atoms with van der Waals surface area (Å²) in [6.07, 6.45) is 0. The molecule has 0 saturated heterocycles. The zero-order valence-electron chi connectivity index (χ0n) is 13.1. The van der Waals surface area contributed by atoms with Crippen molar-refractivity contribution in [2.45, 2.75) is 6.92 Å². The standard InChI is InChI=1S/C17H13ClN4O3/c1-9-2-3-11(14(19)23)8-13(9)20-15(24)17-22-21-16(25-17)10-4-6-12(18)7-5-10/h2-8H,1H3,(H2,19,23)(H,20,24). The molecule has 0 radical (unpaired) electrons. The summed E-state index contributed by atoms with van der Waals surface area (Å²) in [6.45, 7) is 1.79. The van der Waals surface area contributed by atoms with E-state index in [4.69, 9.17) is 21.8 Å². The van der Waals surface area contributed by atoms with Gasteiger partial charge in [-0.2, -0.15) is 0 Å². The molecule has 0 unspecified atom stereocenters. The highest BCUT2D eigenvalue weighted by Crippen LogP contribution is 2.21. The van der Waals surface area contributed by atoms with Crippen molar-refractivity contribution < 1.29 is 14.0 Å². The number of primary amides is 1. The molecule has 1 heterocycles. The first-order chi connectivity index (χ1) is 11.9. The molecule has 0 spiro atoms. The quantitative estimate of drug-likeness (QED) is 0.746. The van der Waals surface area contributed by atoms with E-state index in [0.29, 0.717) is 16.3 Å². The lowest BCUT2D eigenvalue weighted by atomic mass is 10.1. The molecule has 0 fully saturated rings. The molecule has 0 aliphatic heterocycles. The van der Waals surface area contributed by atoms with Crippen molar-refractivity contribution in [1.82, 2.24) is 10.2 Å². The minimum atomic E-state index is -0.586. The van der Waals surface area contributed by atoms with Crippen molar-refractivity contribution in [3.63, 3.8) is 0 Å². The highest BCUT2D eigenvalue weighted by molar-refractivity contribution is 6.30. The summed E-state index contributed by atoms with van der Waals surface area (Å²) in [5.41, 5.74) is 7.38. The van der Waals surface area contributed by atoms with Gasteiger partial charge in [-0.3, -0.25) is 9.59 Å². The number of amides is 2. The number of aromatic nitrogens is 2. The fourth-order valence-electron chi connectivity index (χ4n) is 2.11. The van der Waals surface area contributed by atoms with Crippen molar-refractivity contribution in [3.05, 3.63) is 64.5 Å². The van der Waals surface area contributed by atoms with E-state index in [-0.39, 0.29) is 17.3 Å². The van der Waals surface area contributed by atoms with E-state index in [0.717, 1.165) is 5.56 Å². The molecule has 3 N–H and O–H groups in total. The van der Waals surface area contributed by atoms with Crippen LogP contribution >= 0.6 is 11.6 Å². The van der Waals surface area contributed by atoms with E-state index in [2.05, 4.69) is 15.5 Å². The summed E-state index contributed by atoms with van der Waals surface area (Å²) in [7, 11) is 0. The predicted molar refractivity (Wildman–Crippen MR) is 92.4 cm³/mol. The number of hydrogen-bond donors (Lipinski definition) is 2. The number of nitrogens with zero attached hydrogens (tertiary/aromatic N) is 2. The Morgan fingerprint density at radius 2 is 1.84 bits per heavy atom. The molecule has 8 heteroatoms. The van der Waals surface area contributed by atoms with E-state index < -0.39 is 11.8 Å². The topological polar surface area (TPSA) is 111 Å². The lowest BCUT2D eigenvalue weighted by Gasteiger charge is -2.07. The van der Waals surface area contributed by atoms with E-state index in [1.807, 2.05) is 0 Å². The average Bonchev–Trinajstić information content (AvgIpc) is 3.07. The lowest BCUT2D eigenvalue weighted by Crippen LogP contribution is -2.15. The fraction of sp³-hybridized carbons (Fsp3) is 0.0588. The van der Waals surface area contributed by atoms with Crippen molar-refractivity contribution in [1.29, 1.82) is 0 Å². The summed E-state index contributed by atoms with van der Waals surface area (Å²) in [5.74, 6) is -1.17. The minimum absolute atomic E-state index is 0.199. The smallest absolute Gasteiger partial charge is 0.313 e. The molecule has 0 bridgehead atoms. The summed E-state index contributed by atoms with van der Waals surface area (Å²) < 4.78 is 5.39. The molecule has 2 amide bonds. The number of rotatable bonds is 4. The van der Waals surface area contributed by atoms with Gasteiger partial charge in [0.1, 0.15) is 0 Å². The van der Waals surface area contributed by atoms with Gasteiger partial charge >= 0.3 is 11.8 Å². The van der Waals surface area contributed by atoms with Gasteiger partial charge in [0.2, 0.25) is 11.8 Å². The molecular formula is C17H13ClN4O3. The van der Waals surface area contributed by atoms with Gasteiger partial charge < -0.3 is 15.5 Å². The number of benzene rings is 2. The van der Waals surface area contributed by atoms with Gasteiger partial charge in [0, 0.05) is 21.8 Å². The molecule has 0 atom stereocenters. The van der Waals surface area contributed by atoms with Crippen molar-refractivity contribution in [2.75, 3.05) is 5.32 Å². The third-order valence-corrected chi connectivity index (χ3v) is 3.73. The lowest BCUT2D eigenvalue weighted by molar-refractivity contribution is 0.0984. The molecule has 25 heavy (non-hydrogen) atoms. The van der Waals surface area contributed by atoms with Crippen LogP contribution in [-0.4, -0.2) is 22.0 Å². The Kier molecular flexibility index (Phi) is 4.49. The van der Waals surface area contributed by atoms with Crippen LogP contribution in [0.3, 0.4) is 0 Å². The predicted octanol–water partition coefficient (Wildman–Crippen LogP) is 3.05. The van der Waals surface area contributed by atoms with E-state index >= 15 is 0 Å². The van der Waals surface area contributed by atoms with Crippen LogP contribution in [0.25, 0.3) is 11.5 Å². The van der Waals surface area contributed by atoms with Crippen LogP contribution in [0.5, 0.6) is 0 Å². The Hall–Kier alpha value is -3.19. The van der Waals surface area contributed by atoms with Crippen LogP contribution in [0.2, 0.25) is 5.02 Å². The average molecular weight is 357 g/mol. The third kappa shape index (κ3) is 3.67. The van der Waals surface area contributed by atoms with Gasteiger partial charge in [-0.1, -0.05) is 17.7 Å². The largest absolute Gasteiger partial charge is 0.412 e. The molecular weight excluding hydrogens is 344 g/mol. The number of halogens is 1. The Labute approximate surface area is 147 Å². The van der Waals surface area contributed by atoms with E-state index in [1.54, 1.807) is 43.3 Å². The minimum Gasteiger partial charge on any atom is -0.412 e. The van der Waals surface area contributed by atoms with Crippen molar-refractivity contribution in [3.8, 4) is 11.5 Å². The number of nitrogens with two attached hydrogens (primary N) is 1. The van der Waals surface area contributed by atoms with E-state index in [9.17, 15) is 9.59 Å². The Morgan fingerprint density at radius 3 is 2.52 bits per heavy atom. The van der Waals surface area contributed by atoms with Gasteiger partial charge in [-0.05, 0) is 48.9 Å². The number of carbonyl (C=O) groups excluding carboxylic acids is 2. The number of hydrogen-bond acceptors (Lipinski definition) is 5. The monoisotopic (exact) mass is 356 g/mol. The first-order valence-corrected chi connectivity index (χ1v) is 7.63. The molecule has 126 valence electrons. The maximum atomic E-state index is 12.3. The first kappa shape index (κ1) is 16.7. The van der Waals surface area contributed by atoms with Crippen LogP contribution in [0.1, 0.15) is 26.6 Å². The molecule has 7 nitrogen and oxygen atoms in total. The second-order valence-corrected chi connectivity index (χ2v) is 5.70. The summed E-state index contributed by atoms with van der Waals surface area (Å²) in [4.78, 5) is 23.6. The summed E-state index contributed by atoms with van der Waals surface area (Å²) in [6, 6.07) is 11.5. The molecule has 0 aliphatic rings. The number of anilines is 1. The van der Waals surface area contributed by atoms with E-state index in [1.165, 1.54) is 6.07 Å². The maximum absolute atomic E-state index is 12.3. The second kappa shape index (κ2) is 6.74. The zero-order chi connectivity index (χ0) is 18.0. The molecule has 3 aromatic rings. The van der Waals surface area contributed by atoms with Crippen LogP contribution in [-0.2, 0) is 0 Å². The Balaban J connectivity index is 1.82. The van der Waals surface area contributed by atoms with Gasteiger partial charge in [-0.15, -0.1) is 10.2 Å². The Morgan fingerprint density at radius 1 is 1.12 bits per heavy atom. The van der Waals surface area contributed by atoms with Gasteiger partial charge in [0.15, 0.2) is 0 Å². The second-order valence-electron chi connectivity index (χ2n) is 5.27. The number of nitrogens with one attached hydrogen (secondary N) is 1. The van der Waals surface area contributed by atoms with Gasteiger partial charge in [0.25, 0.3) is 0 Å².